The molecule has 2 N–H and O–H groups in total. The highest BCUT2D eigenvalue weighted by Crippen LogP contribution is 2.66. The van der Waals surface area contributed by atoms with E-state index in [4.69, 9.17) is 0 Å². The van der Waals surface area contributed by atoms with Crippen LogP contribution in [0.4, 0.5) is 0 Å². The molecule has 2 amide bonds. The lowest BCUT2D eigenvalue weighted by molar-refractivity contribution is -0.163. The average molecular weight is 385 g/mol. The first-order chi connectivity index (χ1) is 13.2. The van der Waals surface area contributed by atoms with Crippen LogP contribution in [0.15, 0.2) is 0 Å². The van der Waals surface area contributed by atoms with Gasteiger partial charge in [-0.2, -0.15) is 0 Å². The van der Waals surface area contributed by atoms with Crippen molar-refractivity contribution in [1.29, 1.82) is 0 Å². The van der Waals surface area contributed by atoms with Crippen molar-refractivity contribution in [2.24, 2.45) is 45.3 Å². The van der Waals surface area contributed by atoms with Crippen LogP contribution in [0.2, 0.25) is 0 Å². The van der Waals surface area contributed by atoms with E-state index >= 15 is 0 Å². The second-order valence-corrected chi connectivity index (χ2v) is 13.0. The number of hydrazine groups is 1. The number of amides is 2. The third-order valence-corrected chi connectivity index (χ3v) is 9.96. The van der Waals surface area contributed by atoms with Gasteiger partial charge < -0.3 is 0 Å². The first-order valence-corrected chi connectivity index (χ1v) is 11.8. The molecule has 0 aliphatic heterocycles. The van der Waals surface area contributed by atoms with Crippen molar-refractivity contribution < 1.29 is 9.59 Å². The lowest BCUT2D eigenvalue weighted by Gasteiger charge is -2.61. The summed E-state index contributed by atoms with van der Waals surface area (Å²) < 4.78 is 0. The largest absolute Gasteiger partial charge is 0.273 e. The molecule has 0 aromatic heterocycles. The van der Waals surface area contributed by atoms with Gasteiger partial charge in [-0.05, 0) is 112 Å². The van der Waals surface area contributed by atoms with Crippen molar-refractivity contribution in [2.45, 2.75) is 90.9 Å². The number of hydrogen-bond donors (Lipinski definition) is 2. The summed E-state index contributed by atoms with van der Waals surface area (Å²) in [4.78, 5) is 26.6. The van der Waals surface area contributed by atoms with E-state index in [1.807, 2.05) is 0 Å². The summed E-state index contributed by atoms with van der Waals surface area (Å²) in [6, 6.07) is 0. The fourth-order valence-electron chi connectivity index (χ4n) is 10.4. The van der Waals surface area contributed by atoms with Crippen LogP contribution in [-0.4, -0.2) is 11.8 Å². The van der Waals surface area contributed by atoms with Crippen LogP contribution < -0.4 is 10.9 Å². The lowest BCUT2D eigenvalue weighted by Crippen LogP contribution is -2.62. The van der Waals surface area contributed by atoms with E-state index in [0.717, 1.165) is 62.2 Å². The Labute approximate surface area is 168 Å². The monoisotopic (exact) mass is 384 g/mol. The maximum atomic E-state index is 13.3. The van der Waals surface area contributed by atoms with E-state index in [2.05, 4.69) is 24.7 Å². The maximum Gasteiger partial charge on any atom is 0.244 e. The molecule has 0 saturated heterocycles. The van der Waals surface area contributed by atoms with Crippen LogP contribution in [0, 0.1) is 45.3 Å². The van der Waals surface area contributed by atoms with Crippen LogP contribution in [0.1, 0.15) is 90.9 Å². The predicted octanol–water partition coefficient (Wildman–Crippen LogP) is 4.35. The van der Waals surface area contributed by atoms with Crippen molar-refractivity contribution in [3.63, 3.8) is 0 Å². The average Bonchev–Trinajstić information content (AvgIpc) is 2.54. The SMILES string of the molecule is CC12C[C@H]3C[C@H](C1)CC(C(=O)NNC(=O)C14C[C@@H]5C[C@H](CC(C)(C5)C1)C4)(C3)C2. The lowest BCUT2D eigenvalue weighted by atomic mass is 9.44. The summed E-state index contributed by atoms with van der Waals surface area (Å²) in [7, 11) is 0. The summed E-state index contributed by atoms with van der Waals surface area (Å²) in [5, 5.41) is 0. The summed E-state index contributed by atoms with van der Waals surface area (Å²) >= 11 is 0. The van der Waals surface area contributed by atoms with Crippen molar-refractivity contribution in [2.75, 3.05) is 0 Å². The number of carbonyl (C=O) groups excluding carboxylic acids is 2. The van der Waals surface area contributed by atoms with Gasteiger partial charge in [0.25, 0.3) is 0 Å². The summed E-state index contributed by atoms with van der Waals surface area (Å²) in [5.41, 5.74) is 6.16. The molecule has 0 aromatic rings. The molecule has 0 unspecified atom stereocenters. The third kappa shape index (κ3) is 2.48. The van der Waals surface area contributed by atoms with E-state index in [1.165, 1.54) is 38.5 Å². The zero-order chi connectivity index (χ0) is 19.4. The highest BCUT2D eigenvalue weighted by Gasteiger charge is 2.60. The Bertz CT molecular complexity index is 653. The van der Waals surface area contributed by atoms with Gasteiger partial charge in [-0.1, -0.05) is 13.8 Å². The quantitative estimate of drug-likeness (QED) is 0.696. The smallest absolute Gasteiger partial charge is 0.244 e. The van der Waals surface area contributed by atoms with E-state index in [-0.39, 0.29) is 22.6 Å². The Morgan fingerprint density at radius 3 is 1.21 bits per heavy atom. The molecule has 4 nitrogen and oxygen atoms in total. The summed E-state index contributed by atoms with van der Waals surface area (Å²) in [5.74, 6) is 3.09. The van der Waals surface area contributed by atoms with E-state index in [0.29, 0.717) is 10.8 Å². The molecule has 0 aromatic carbocycles. The molecule has 0 heterocycles. The molecule has 8 rings (SSSR count). The normalized spacial score (nSPS) is 55.4. The zero-order valence-corrected chi connectivity index (χ0v) is 17.6. The van der Waals surface area contributed by atoms with Gasteiger partial charge in [0.05, 0.1) is 10.8 Å². The molecule has 28 heavy (non-hydrogen) atoms. The first-order valence-electron chi connectivity index (χ1n) is 11.8. The second-order valence-electron chi connectivity index (χ2n) is 13.0. The molecule has 4 atom stereocenters. The Balaban J connectivity index is 1.16. The predicted molar refractivity (Wildman–Crippen MR) is 107 cm³/mol. The molecule has 154 valence electrons. The summed E-state index contributed by atoms with van der Waals surface area (Å²) in [6.45, 7) is 4.78. The molecule has 4 heteroatoms. The Morgan fingerprint density at radius 1 is 0.607 bits per heavy atom. The molecule has 8 bridgehead atoms. The van der Waals surface area contributed by atoms with Gasteiger partial charge in [-0.3, -0.25) is 20.4 Å². The van der Waals surface area contributed by atoms with Crippen LogP contribution in [0.5, 0.6) is 0 Å². The van der Waals surface area contributed by atoms with Gasteiger partial charge in [-0.25, -0.2) is 0 Å². The van der Waals surface area contributed by atoms with E-state index in [1.54, 1.807) is 0 Å². The summed E-state index contributed by atoms with van der Waals surface area (Å²) in [6.07, 6.45) is 14.0. The van der Waals surface area contributed by atoms with Crippen molar-refractivity contribution >= 4 is 11.8 Å². The van der Waals surface area contributed by atoms with Crippen LogP contribution in [0.3, 0.4) is 0 Å². The van der Waals surface area contributed by atoms with Gasteiger partial charge >= 0.3 is 0 Å². The second kappa shape index (κ2) is 5.35. The van der Waals surface area contributed by atoms with Crippen LogP contribution >= 0.6 is 0 Å². The van der Waals surface area contributed by atoms with E-state index < -0.39 is 0 Å². The minimum absolute atomic E-state index is 0.108. The fraction of sp³-hybridized carbons (Fsp3) is 0.917. The Hall–Kier alpha value is -1.06. The fourth-order valence-corrected chi connectivity index (χ4v) is 10.4. The van der Waals surface area contributed by atoms with Crippen molar-refractivity contribution in [3.05, 3.63) is 0 Å². The minimum Gasteiger partial charge on any atom is -0.273 e. The molecule has 8 aliphatic rings. The molecular formula is C24H36N2O2. The molecule has 0 spiro atoms. The Kier molecular flexibility index (Phi) is 3.39. The van der Waals surface area contributed by atoms with Crippen LogP contribution in [-0.2, 0) is 9.59 Å². The third-order valence-electron chi connectivity index (χ3n) is 9.96. The van der Waals surface area contributed by atoms with Gasteiger partial charge in [0, 0.05) is 0 Å². The van der Waals surface area contributed by atoms with Gasteiger partial charge in [0.15, 0.2) is 0 Å². The van der Waals surface area contributed by atoms with E-state index in [9.17, 15) is 9.59 Å². The maximum absolute atomic E-state index is 13.3. The zero-order valence-electron chi connectivity index (χ0n) is 17.6. The number of rotatable bonds is 2. The topological polar surface area (TPSA) is 58.2 Å². The number of nitrogens with one attached hydrogen (secondary N) is 2. The highest BCUT2D eigenvalue weighted by atomic mass is 16.2. The van der Waals surface area contributed by atoms with Crippen molar-refractivity contribution in [3.8, 4) is 0 Å². The van der Waals surface area contributed by atoms with Gasteiger partial charge in [0.2, 0.25) is 11.8 Å². The number of hydrogen-bond acceptors (Lipinski definition) is 2. The first kappa shape index (κ1) is 17.8. The van der Waals surface area contributed by atoms with Crippen molar-refractivity contribution in [1.82, 2.24) is 10.9 Å². The minimum atomic E-state index is -0.223. The van der Waals surface area contributed by atoms with Gasteiger partial charge in [-0.15, -0.1) is 0 Å². The number of carbonyl (C=O) groups is 2. The molecule has 8 aliphatic carbocycles. The van der Waals surface area contributed by atoms with Crippen LogP contribution in [0.25, 0.3) is 0 Å². The molecule has 0 radical (unpaired) electrons. The van der Waals surface area contributed by atoms with Gasteiger partial charge in [0.1, 0.15) is 0 Å². The molecular weight excluding hydrogens is 348 g/mol. The molecule has 8 saturated carbocycles. The highest BCUT2D eigenvalue weighted by molar-refractivity contribution is 5.88. The standard InChI is InChI=1S/C24H36N2O2/c1-21-5-15-3-16(6-21)10-23(9-15,13-21)19(27)25-26-20(28)24-11-17-4-18(12-24)8-22(2,7-17)14-24/h15-18H,3-14H2,1-2H3,(H,25,27)(H,26,28)/t15-,16-,17-,18-,21?,22?,23?,24?/m1/s1. The Morgan fingerprint density at radius 2 is 0.929 bits per heavy atom. The molecule has 8 fully saturated rings.